The number of aromatic carboxylic acids is 1. The molecule has 0 radical (unpaired) electrons. The normalized spacial score (nSPS) is 10.9. The zero-order valence-corrected chi connectivity index (χ0v) is 10.5. The average Bonchev–Trinajstić information content (AvgIpc) is 2.84. The number of carbonyl (C=O) groups is 1. The van der Waals surface area contributed by atoms with Crippen LogP contribution in [0.5, 0.6) is 0 Å². The molecule has 5 nitrogen and oxygen atoms in total. The third-order valence-corrected chi connectivity index (χ3v) is 3.09. The van der Waals surface area contributed by atoms with Gasteiger partial charge >= 0.3 is 5.97 Å². The van der Waals surface area contributed by atoms with Crippen molar-refractivity contribution in [1.82, 2.24) is 14.6 Å². The summed E-state index contributed by atoms with van der Waals surface area (Å²) in [6.07, 6.45) is 1.31. The number of fused-ring (bicyclic) bond motifs is 1. The van der Waals surface area contributed by atoms with Gasteiger partial charge in [0.05, 0.1) is 17.0 Å². The first-order chi connectivity index (χ1) is 9.56. The van der Waals surface area contributed by atoms with Gasteiger partial charge in [-0.25, -0.2) is 18.7 Å². The molecule has 20 heavy (non-hydrogen) atoms. The maximum atomic E-state index is 12.9. The van der Waals surface area contributed by atoms with Crippen molar-refractivity contribution in [2.24, 2.45) is 0 Å². The van der Waals surface area contributed by atoms with E-state index in [1.165, 1.54) is 22.8 Å². The van der Waals surface area contributed by atoms with Crippen molar-refractivity contribution in [3.05, 3.63) is 53.6 Å². The molecule has 0 spiro atoms. The van der Waals surface area contributed by atoms with E-state index >= 15 is 0 Å². The van der Waals surface area contributed by atoms with Crippen LogP contribution in [-0.2, 0) is 0 Å². The van der Waals surface area contributed by atoms with E-state index in [-0.39, 0.29) is 11.4 Å². The number of rotatable bonds is 2. The fourth-order valence-corrected chi connectivity index (χ4v) is 2.02. The van der Waals surface area contributed by atoms with Crippen molar-refractivity contribution in [3.8, 4) is 11.3 Å². The van der Waals surface area contributed by atoms with Gasteiger partial charge in [-0.1, -0.05) is 0 Å². The number of aromatic nitrogens is 3. The standard InChI is InChI=1S/C14H10FN3O2/c1-8-11(14(19)20)7-16-13-6-12(17-18(8)13)9-2-4-10(15)5-3-9/h2-7H,1H3,(H,19,20). The average molecular weight is 271 g/mol. The van der Waals surface area contributed by atoms with Crippen molar-refractivity contribution in [2.75, 3.05) is 0 Å². The number of benzene rings is 1. The van der Waals surface area contributed by atoms with Crippen LogP contribution in [-0.4, -0.2) is 25.7 Å². The smallest absolute Gasteiger partial charge is 0.339 e. The topological polar surface area (TPSA) is 67.5 Å². The molecule has 0 aliphatic carbocycles. The maximum absolute atomic E-state index is 12.9. The van der Waals surface area contributed by atoms with Gasteiger partial charge in [0.2, 0.25) is 0 Å². The maximum Gasteiger partial charge on any atom is 0.339 e. The third kappa shape index (κ3) is 1.91. The molecule has 0 saturated carbocycles. The van der Waals surface area contributed by atoms with Crippen LogP contribution in [0, 0.1) is 12.7 Å². The third-order valence-electron chi connectivity index (χ3n) is 3.09. The van der Waals surface area contributed by atoms with Crippen LogP contribution in [0.2, 0.25) is 0 Å². The Kier molecular flexibility index (Phi) is 2.71. The number of nitrogens with zero attached hydrogens (tertiary/aromatic N) is 3. The number of carboxylic acids is 1. The van der Waals surface area contributed by atoms with E-state index in [1.807, 2.05) is 0 Å². The summed E-state index contributed by atoms with van der Waals surface area (Å²) in [4.78, 5) is 15.1. The van der Waals surface area contributed by atoms with Gasteiger partial charge < -0.3 is 5.11 Å². The Bertz CT molecular complexity index is 809. The fourth-order valence-electron chi connectivity index (χ4n) is 2.02. The van der Waals surface area contributed by atoms with E-state index in [2.05, 4.69) is 10.1 Å². The summed E-state index contributed by atoms with van der Waals surface area (Å²) >= 11 is 0. The highest BCUT2D eigenvalue weighted by molar-refractivity contribution is 5.88. The Balaban J connectivity index is 2.18. The summed E-state index contributed by atoms with van der Waals surface area (Å²) < 4.78 is 14.4. The van der Waals surface area contributed by atoms with E-state index in [1.54, 1.807) is 25.1 Å². The van der Waals surface area contributed by atoms with Crippen molar-refractivity contribution in [3.63, 3.8) is 0 Å². The summed E-state index contributed by atoms with van der Waals surface area (Å²) in [6, 6.07) is 7.66. The van der Waals surface area contributed by atoms with Crippen molar-refractivity contribution >= 4 is 11.6 Å². The van der Waals surface area contributed by atoms with Crippen molar-refractivity contribution in [1.29, 1.82) is 0 Å². The molecule has 0 unspecified atom stereocenters. The van der Waals surface area contributed by atoms with Crippen molar-refractivity contribution < 1.29 is 14.3 Å². The van der Waals surface area contributed by atoms with Crippen LogP contribution in [0.4, 0.5) is 4.39 Å². The van der Waals surface area contributed by atoms with Gasteiger partial charge in [0.25, 0.3) is 0 Å². The predicted molar refractivity (Wildman–Crippen MR) is 70.1 cm³/mol. The molecule has 3 aromatic rings. The van der Waals surface area contributed by atoms with Crippen LogP contribution in [0.25, 0.3) is 16.9 Å². The quantitative estimate of drug-likeness (QED) is 0.777. The summed E-state index contributed by atoms with van der Waals surface area (Å²) in [5.74, 6) is -1.37. The first-order valence-electron chi connectivity index (χ1n) is 5.91. The number of hydrogen-bond acceptors (Lipinski definition) is 3. The Morgan fingerprint density at radius 3 is 2.65 bits per heavy atom. The minimum absolute atomic E-state index is 0.103. The largest absolute Gasteiger partial charge is 0.478 e. The molecule has 0 aliphatic heterocycles. The molecule has 0 saturated heterocycles. The van der Waals surface area contributed by atoms with Crippen LogP contribution in [0.1, 0.15) is 16.1 Å². The molecule has 100 valence electrons. The molecule has 6 heteroatoms. The second-order valence-corrected chi connectivity index (χ2v) is 4.37. The van der Waals surface area contributed by atoms with Crippen LogP contribution < -0.4 is 0 Å². The Hall–Kier alpha value is -2.76. The summed E-state index contributed by atoms with van der Waals surface area (Å²) in [5.41, 5.74) is 2.50. The lowest BCUT2D eigenvalue weighted by Crippen LogP contribution is -2.06. The molecule has 0 amide bonds. The molecule has 0 aliphatic rings. The minimum atomic E-state index is -1.05. The highest BCUT2D eigenvalue weighted by Gasteiger charge is 2.13. The first kappa shape index (κ1) is 12.3. The molecule has 0 atom stereocenters. The van der Waals surface area contributed by atoms with Gasteiger partial charge in [-0.15, -0.1) is 0 Å². The fraction of sp³-hybridized carbons (Fsp3) is 0.0714. The highest BCUT2D eigenvalue weighted by atomic mass is 19.1. The number of aryl methyl sites for hydroxylation is 1. The first-order valence-corrected chi connectivity index (χ1v) is 5.91. The Morgan fingerprint density at radius 1 is 1.30 bits per heavy atom. The summed E-state index contributed by atoms with van der Waals surface area (Å²) in [6.45, 7) is 1.67. The zero-order valence-electron chi connectivity index (χ0n) is 10.5. The van der Waals surface area contributed by atoms with Gasteiger partial charge in [0, 0.05) is 17.8 Å². The molecule has 0 bridgehead atoms. The second-order valence-electron chi connectivity index (χ2n) is 4.37. The molecule has 1 aromatic carbocycles. The Labute approximate surface area is 113 Å². The lowest BCUT2D eigenvalue weighted by Gasteiger charge is -2.02. The zero-order chi connectivity index (χ0) is 14.3. The van der Waals surface area contributed by atoms with Gasteiger partial charge in [0.15, 0.2) is 5.65 Å². The lowest BCUT2D eigenvalue weighted by atomic mass is 10.1. The van der Waals surface area contributed by atoms with Crippen molar-refractivity contribution in [2.45, 2.75) is 6.92 Å². The van der Waals surface area contributed by atoms with E-state index in [4.69, 9.17) is 5.11 Å². The van der Waals surface area contributed by atoms with E-state index in [0.717, 1.165) is 5.56 Å². The van der Waals surface area contributed by atoms with Crippen LogP contribution >= 0.6 is 0 Å². The molecular formula is C14H10FN3O2. The minimum Gasteiger partial charge on any atom is -0.478 e. The van der Waals surface area contributed by atoms with E-state index < -0.39 is 5.97 Å². The summed E-state index contributed by atoms with van der Waals surface area (Å²) in [5, 5.41) is 13.4. The SMILES string of the molecule is Cc1c(C(=O)O)cnc2cc(-c3ccc(F)cc3)nn12. The summed E-state index contributed by atoms with van der Waals surface area (Å²) in [7, 11) is 0. The van der Waals surface area contributed by atoms with E-state index in [9.17, 15) is 9.18 Å². The second kappa shape index (κ2) is 4.41. The van der Waals surface area contributed by atoms with Gasteiger partial charge in [-0.3, -0.25) is 0 Å². The van der Waals surface area contributed by atoms with Crippen LogP contribution in [0.15, 0.2) is 36.5 Å². The predicted octanol–water partition coefficient (Wildman–Crippen LogP) is 2.54. The van der Waals surface area contributed by atoms with Gasteiger partial charge in [-0.2, -0.15) is 5.10 Å². The number of carboxylic acid groups (broad SMARTS) is 1. The number of hydrogen-bond donors (Lipinski definition) is 1. The molecule has 2 aromatic heterocycles. The van der Waals surface area contributed by atoms with E-state index in [0.29, 0.717) is 17.0 Å². The highest BCUT2D eigenvalue weighted by Crippen LogP contribution is 2.20. The molecule has 1 N–H and O–H groups in total. The van der Waals surface area contributed by atoms with Gasteiger partial charge in [0.1, 0.15) is 5.82 Å². The lowest BCUT2D eigenvalue weighted by molar-refractivity contribution is 0.0695. The molecular weight excluding hydrogens is 261 g/mol. The molecule has 0 fully saturated rings. The monoisotopic (exact) mass is 271 g/mol. The number of halogens is 1. The Morgan fingerprint density at radius 2 is 2.00 bits per heavy atom. The van der Waals surface area contributed by atoms with Gasteiger partial charge in [-0.05, 0) is 31.2 Å². The molecule has 3 rings (SSSR count). The van der Waals surface area contributed by atoms with Crippen LogP contribution in [0.3, 0.4) is 0 Å². The molecule has 2 heterocycles.